The molecule has 0 aromatic heterocycles. The Hall–Kier alpha value is -1.94. The van der Waals surface area contributed by atoms with E-state index in [2.05, 4.69) is 0 Å². The van der Waals surface area contributed by atoms with Crippen LogP contribution in [-0.2, 0) is 0 Å². The predicted molar refractivity (Wildman–Crippen MR) is 71.7 cm³/mol. The number of alkyl halides is 15. The van der Waals surface area contributed by atoms with Gasteiger partial charge in [0.2, 0.25) is 0 Å². The zero-order chi connectivity index (χ0) is 25.8. The molecular formula is C15H8F16O. The van der Waals surface area contributed by atoms with Crippen LogP contribution in [0.5, 0.6) is 0 Å². The van der Waals surface area contributed by atoms with Crippen molar-refractivity contribution in [2.45, 2.75) is 54.2 Å². The summed E-state index contributed by atoms with van der Waals surface area (Å²) in [6.07, 6.45) is -13.6. The van der Waals surface area contributed by atoms with E-state index in [1.165, 1.54) is 0 Å². The normalized spacial score (nSPS) is 16.3. The van der Waals surface area contributed by atoms with Crippen LogP contribution in [0.15, 0.2) is 24.3 Å². The van der Waals surface area contributed by atoms with Gasteiger partial charge in [0.05, 0.1) is 6.10 Å². The van der Waals surface area contributed by atoms with Gasteiger partial charge < -0.3 is 5.11 Å². The average molecular weight is 508 g/mol. The molecule has 1 unspecified atom stereocenters. The van der Waals surface area contributed by atoms with Gasteiger partial charge in [-0.2, -0.15) is 65.9 Å². The van der Waals surface area contributed by atoms with Crippen LogP contribution in [-0.4, -0.2) is 46.8 Å². The van der Waals surface area contributed by atoms with Gasteiger partial charge >= 0.3 is 41.7 Å². The highest BCUT2D eigenvalue weighted by Gasteiger charge is 2.93. The number of halogens is 16. The van der Waals surface area contributed by atoms with E-state index in [4.69, 9.17) is 0 Å². The molecule has 0 aliphatic carbocycles. The molecule has 0 spiro atoms. The smallest absolute Gasteiger partial charge is 0.388 e. The van der Waals surface area contributed by atoms with Crippen LogP contribution in [0.2, 0.25) is 0 Å². The molecule has 17 heteroatoms. The Kier molecular flexibility index (Phi) is 6.87. The predicted octanol–water partition coefficient (Wildman–Crippen LogP) is 6.62. The molecule has 0 amide bonds. The van der Waals surface area contributed by atoms with Crippen molar-refractivity contribution in [1.29, 1.82) is 0 Å². The van der Waals surface area contributed by atoms with Gasteiger partial charge in [-0.05, 0) is 17.7 Å². The second-order valence-electron chi connectivity index (χ2n) is 6.35. The largest absolute Gasteiger partial charge is 0.460 e. The van der Waals surface area contributed by atoms with Gasteiger partial charge in [-0.25, -0.2) is 4.39 Å². The van der Waals surface area contributed by atoms with Gasteiger partial charge in [-0.3, -0.25) is 0 Å². The summed E-state index contributed by atoms with van der Waals surface area (Å²) in [5.74, 6) is -48.3. The third-order valence-electron chi connectivity index (χ3n) is 4.10. The summed E-state index contributed by atoms with van der Waals surface area (Å²) in [7, 11) is 0. The molecule has 1 aromatic carbocycles. The lowest BCUT2D eigenvalue weighted by molar-refractivity contribution is -0.453. The van der Waals surface area contributed by atoms with Crippen LogP contribution in [0.25, 0.3) is 0 Å². The van der Waals surface area contributed by atoms with Crippen molar-refractivity contribution in [2.24, 2.45) is 0 Å². The molecule has 186 valence electrons. The molecule has 1 aromatic rings. The van der Waals surface area contributed by atoms with Gasteiger partial charge in [0.25, 0.3) is 0 Å². The monoisotopic (exact) mass is 508 g/mol. The van der Waals surface area contributed by atoms with Crippen molar-refractivity contribution in [3.8, 4) is 0 Å². The molecule has 1 atom stereocenters. The van der Waals surface area contributed by atoms with E-state index in [0.29, 0.717) is 24.3 Å². The zero-order valence-corrected chi connectivity index (χ0v) is 14.6. The maximum Gasteiger partial charge on any atom is 0.460 e. The van der Waals surface area contributed by atoms with Crippen LogP contribution in [0, 0.1) is 5.82 Å². The molecule has 0 radical (unpaired) electrons. The molecule has 0 fully saturated rings. The zero-order valence-electron chi connectivity index (χ0n) is 14.6. The molecule has 0 heterocycles. The van der Waals surface area contributed by atoms with E-state index in [0.717, 1.165) is 0 Å². The first-order valence-electron chi connectivity index (χ1n) is 7.65. The first-order valence-corrected chi connectivity index (χ1v) is 7.65. The SMILES string of the molecule is OC(CC(F)(F)C(F)(F)C(F)(F)C(F)(F)C(F)(F)C(F)(F)C(F)(F)F)c1ccc(F)cc1. The van der Waals surface area contributed by atoms with Gasteiger partial charge in [-0.1, -0.05) is 12.1 Å². The van der Waals surface area contributed by atoms with Gasteiger partial charge in [0.1, 0.15) is 5.82 Å². The molecule has 0 aliphatic rings. The highest BCUT2D eigenvalue weighted by Crippen LogP contribution is 2.63. The summed E-state index contributed by atoms with van der Waals surface area (Å²) in [6.45, 7) is 0. The lowest BCUT2D eigenvalue weighted by atomic mass is 9.88. The van der Waals surface area contributed by atoms with Crippen molar-refractivity contribution >= 4 is 0 Å². The lowest BCUT2D eigenvalue weighted by Crippen LogP contribution is -2.72. The summed E-state index contributed by atoms with van der Waals surface area (Å²) in [6, 6.07) is 1.77. The maximum absolute atomic E-state index is 13.7. The third-order valence-corrected chi connectivity index (χ3v) is 4.10. The second kappa shape index (κ2) is 7.83. The first kappa shape index (κ1) is 28.1. The summed E-state index contributed by atoms with van der Waals surface area (Å²) in [5.41, 5.74) is -0.883. The molecule has 0 saturated heterocycles. The van der Waals surface area contributed by atoms with Crippen LogP contribution in [0.4, 0.5) is 70.2 Å². The Bertz CT molecular complexity index is 795. The summed E-state index contributed by atoms with van der Waals surface area (Å²) < 4.78 is 209. The standard InChI is InChI=1S/C15H8F16O/c16-7-3-1-6(2-4-7)8(32)5-9(17,18)10(19,20)11(21,22)12(23,24)13(25,26)14(27,28)15(29,30)31/h1-4,8,32H,5H2. The average Bonchev–Trinajstić information content (AvgIpc) is 2.59. The van der Waals surface area contributed by atoms with Crippen molar-refractivity contribution in [3.63, 3.8) is 0 Å². The van der Waals surface area contributed by atoms with E-state index in [1.807, 2.05) is 0 Å². The molecule has 1 N–H and O–H groups in total. The molecule has 0 aliphatic heterocycles. The molecule has 0 bridgehead atoms. The third kappa shape index (κ3) is 4.07. The number of hydrogen-bond acceptors (Lipinski definition) is 1. The molecule has 0 saturated carbocycles. The maximum atomic E-state index is 13.7. The lowest BCUT2D eigenvalue weighted by Gasteiger charge is -2.41. The topological polar surface area (TPSA) is 20.2 Å². The van der Waals surface area contributed by atoms with Crippen molar-refractivity contribution in [1.82, 2.24) is 0 Å². The van der Waals surface area contributed by atoms with Crippen molar-refractivity contribution in [2.75, 3.05) is 0 Å². The quantitative estimate of drug-likeness (QED) is 0.392. The van der Waals surface area contributed by atoms with E-state index in [1.54, 1.807) is 0 Å². The number of aliphatic hydroxyl groups excluding tert-OH is 1. The minimum Gasteiger partial charge on any atom is -0.388 e. The fourth-order valence-corrected chi connectivity index (χ4v) is 2.17. The van der Waals surface area contributed by atoms with Crippen LogP contribution in [0.1, 0.15) is 18.1 Å². The highest BCUT2D eigenvalue weighted by molar-refractivity contribution is 5.20. The van der Waals surface area contributed by atoms with E-state index < -0.39 is 65.6 Å². The minimum atomic E-state index is -8.38. The second-order valence-corrected chi connectivity index (χ2v) is 6.35. The Morgan fingerprint density at radius 3 is 1.28 bits per heavy atom. The van der Waals surface area contributed by atoms with Gasteiger partial charge in [-0.15, -0.1) is 0 Å². The van der Waals surface area contributed by atoms with E-state index in [-0.39, 0.29) is 0 Å². The first-order chi connectivity index (χ1) is 13.9. The van der Waals surface area contributed by atoms with Gasteiger partial charge in [0, 0.05) is 6.42 Å². The fourth-order valence-electron chi connectivity index (χ4n) is 2.17. The molecule has 32 heavy (non-hydrogen) atoms. The number of aliphatic hydroxyl groups is 1. The van der Waals surface area contributed by atoms with Crippen molar-refractivity contribution in [3.05, 3.63) is 35.6 Å². The Morgan fingerprint density at radius 1 is 0.562 bits per heavy atom. The molecule has 1 rings (SSSR count). The summed E-state index contributed by atoms with van der Waals surface area (Å²) in [4.78, 5) is 0. The van der Waals surface area contributed by atoms with Crippen LogP contribution >= 0.6 is 0 Å². The summed E-state index contributed by atoms with van der Waals surface area (Å²) in [5, 5.41) is 9.39. The van der Waals surface area contributed by atoms with Crippen LogP contribution < -0.4 is 0 Å². The Morgan fingerprint density at radius 2 is 0.906 bits per heavy atom. The molecule has 1 nitrogen and oxygen atoms in total. The van der Waals surface area contributed by atoms with Crippen molar-refractivity contribution < 1.29 is 75.4 Å². The number of hydrogen-bond donors (Lipinski definition) is 1. The summed E-state index contributed by atoms with van der Waals surface area (Å²) >= 11 is 0. The highest BCUT2D eigenvalue weighted by atomic mass is 19.4. The Balaban J connectivity index is 3.43. The van der Waals surface area contributed by atoms with E-state index >= 15 is 0 Å². The fraction of sp³-hybridized carbons (Fsp3) is 0.600. The van der Waals surface area contributed by atoms with Crippen LogP contribution in [0.3, 0.4) is 0 Å². The molecular weight excluding hydrogens is 500 g/mol. The van der Waals surface area contributed by atoms with E-state index in [9.17, 15) is 75.4 Å². The van der Waals surface area contributed by atoms with Gasteiger partial charge in [0.15, 0.2) is 0 Å². The number of rotatable bonds is 8. The Labute approximate surface area is 166 Å². The minimum absolute atomic E-state index is 0.442. The number of benzene rings is 1.